The number of hydrogen-bond acceptors (Lipinski definition) is 5. The van der Waals surface area contributed by atoms with Crippen LogP contribution in [0.3, 0.4) is 0 Å². The molecule has 0 N–H and O–H groups in total. The number of ether oxygens (including phenoxy) is 3. The minimum Gasteiger partial charge on any atom is -0.494 e. The Hall–Kier alpha value is -1.77. The van der Waals surface area contributed by atoms with Gasteiger partial charge in [0, 0.05) is 3.57 Å². The van der Waals surface area contributed by atoms with Gasteiger partial charge in [-0.25, -0.2) is 9.59 Å². The summed E-state index contributed by atoms with van der Waals surface area (Å²) in [6.45, 7) is 5.60. The predicted octanol–water partition coefficient (Wildman–Crippen LogP) is 5.62. The first-order chi connectivity index (χ1) is 13.3. The van der Waals surface area contributed by atoms with E-state index in [2.05, 4.69) is 29.2 Å². The Balaban J connectivity index is 2.44. The van der Waals surface area contributed by atoms with Gasteiger partial charge in [0.1, 0.15) is 5.56 Å². The SMILES string of the molecule is C=C(C(=O)OCC)C(OC(=O)c1c(Cl)ccc(Cl)c1OC)c1ccc(I)cc1. The maximum absolute atomic E-state index is 12.9. The summed E-state index contributed by atoms with van der Waals surface area (Å²) in [6, 6.07) is 10.1. The number of benzene rings is 2. The molecule has 0 aliphatic heterocycles. The van der Waals surface area contributed by atoms with Crippen LogP contribution in [0.1, 0.15) is 28.9 Å². The number of halogens is 3. The molecule has 8 heteroatoms. The van der Waals surface area contributed by atoms with Gasteiger partial charge in [-0.2, -0.15) is 0 Å². The fourth-order valence-corrected chi connectivity index (χ4v) is 3.22. The molecule has 0 saturated carbocycles. The maximum Gasteiger partial charge on any atom is 0.344 e. The van der Waals surface area contributed by atoms with E-state index in [1.54, 1.807) is 19.1 Å². The normalized spacial score (nSPS) is 11.5. The first kappa shape index (κ1) is 22.5. The molecule has 0 aliphatic rings. The van der Waals surface area contributed by atoms with Crippen LogP contribution in [0.2, 0.25) is 10.0 Å². The van der Waals surface area contributed by atoms with Crippen LogP contribution in [-0.4, -0.2) is 25.7 Å². The number of rotatable bonds is 7. The van der Waals surface area contributed by atoms with Gasteiger partial charge in [0.15, 0.2) is 11.9 Å². The molecule has 2 aromatic carbocycles. The highest BCUT2D eigenvalue weighted by molar-refractivity contribution is 14.1. The van der Waals surface area contributed by atoms with Crippen molar-refractivity contribution in [1.82, 2.24) is 0 Å². The molecule has 0 saturated heterocycles. The summed E-state index contributed by atoms with van der Waals surface area (Å²) in [7, 11) is 1.36. The number of esters is 2. The lowest BCUT2D eigenvalue weighted by Crippen LogP contribution is -2.20. The van der Waals surface area contributed by atoms with Gasteiger partial charge in [0.2, 0.25) is 0 Å². The third kappa shape index (κ3) is 5.18. The fourth-order valence-electron chi connectivity index (χ4n) is 2.40. The Labute approximate surface area is 186 Å². The van der Waals surface area contributed by atoms with Crippen LogP contribution in [0.25, 0.3) is 0 Å². The topological polar surface area (TPSA) is 61.8 Å². The Morgan fingerprint density at radius 1 is 1.11 bits per heavy atom. The van der Waals surface area contributed by atoms with E-state index in [1.807, 2.05) is 12.1 Å². The van der Waals surface area contributed by atoms with Crippen LogP contribution in [0.5, 0.6) is 5.75 Å². The number of carbonyl (C=O) groups is 2. The number of hydrogen-bond donors (Lipinski definition) is 0. The molecule has 148 valence electrons. The summed E-state index contributed by atoms with van der Waals surface area (Å²) >= 11 is 14.4. The van der Waals surface area contributed by atoms with E-state index in [9.17, 15) is 9.59 Å². The molecule has 0 aliphatic carbocycles. The van der Waals surface area contributed by atoms with Crippen LogP contribution in [0, 0.1) is 3.57 Å². The van der Waals surface area contributed by atoms with Crippen molar-refractivity contribution in [2.24, 2.45) is 0 Å². The third-order valence-corrected chi connectivity index (χ3v) is 5.05. The van der Waals surface area contributed by atoms with Crippen molar-refractivity contribution in [1.29, 1.82) is 0 Å². The molecule has 0 radical (unpaired) electrons. The van der Waals surface area contributed by atoms with Gasteiger partial charge in [-0.1, -0.05) is 41.9 Å². The minimum atomic E-state index is -1.07. The number of carbonyl (C=O) groups excluding carboxylic acids is 2. The van der Waals surface area contributed by atoms with Crippen LogP contribution >= 0.6 is 45.8 Å². The first-order valence-corrected chi connectivity index (χ1v) is 9.97. The van der Waals surface area contributed by atoms with Crippen LogP contribution in [-0.2, 0) is 14.3 Å². The second-order valence-electron chi connectivity index (χ2n) is 5.52. The van der Waals surface area contributed by atoms with Crippen molar-refractivity contribution in [3.8, 4) is 5.75 Å². The summed E-state index contributed by atoms with van der Waals surface area (Å²) in [5, 5.41) is 0.309. The molecule has 1 atom stereocenters. The molecule has 1 unspecified atom stereocenters. The molecule has 5 nitrogen and oxygen atoms in total. The molecule has 0 heterocycles. The molecule has 0 bridgehead atoms. The minimum absolute atomic E-state index is 0.0199. The van der Waals surface area contributed by atoms with Crippen molar-refractivity contribution < 1.29 is 23.8 Å². The average molecular weight is 535 g/mol. The Morgan fingerprint density at radius 3 is 2.29 bits per heavy atom. The quantitative estimate of drug-likeness (QED) is 0.262. The molecule has 28 heavy (non-hydrogen) atoms. The second-order valence-corrected chi connectivity index (χ2v) is 7.58. The maximum atomic E-state index is 12.9. The van der Waals surface area contributed by atoms with Crippen molar-refractivity contribution >= 4 is 57.7 Å². The van der Waals surface area contributed by atoms with Gasteiger partial charge in [0.25, 0.3) is 0 Å². The highest BCUT2D eigenvalue weighted by atomic mass is 127. The smallest absolute Gasteiger partial charge is 0.344 e. The third-order valence-electron chi connectivity index (χ3n) is 3.72. The number of methoxy groups -OCH3 is 1. The van der Waals surface area contributed by atoms with E-state index in [0.717, 1.165) is 3.57 Å². The van der Waals surface area contributed by atoms with E-state index >= 15 is 0 Å². The summed E-state index contributed by atoms with van der Waals surface area (Å²) in [6.07, 6.45) is -1.07. The van der Waals surface area contributed by atoms with Crippen molar-refractivity contribution in [3.63, 3.8) is 0 Å². The fraction of sp³-hybridized carbons (Fsp3) is 0.200. The van der Waals surface area contributed by atoms with Gasteiger partial charge in [0.05, 0.1) is 29.3 Å². The zero-order chi connectivity index (χ0) is 20.8. The summed E-state index contributed by atoms with van der Waals surface area (Å²) < 4.78 is 16.8. The van der Waals surface area contributed by atoms with Gasteiger partial charge in [-0.15, -0.1) is 0 Å². The standard InChI is InChI=1S/C20H17Cl2IO5/c1-4-27-19(24)11(2)17(12-5-7-13(23)8-6-12)28-20(25)16-14(21)9-10-15(22)18(16)26-3/h5-10,17H,2,4H2,1,3H3. The Morgan fingerprint density at radius 2 is 1.71 bits per heavy atom. The first-order valence-electron chi connectivity index (χ1n) is 8.14. The molecule has 0 fully saturated rings. The van der Waals surface area contributed by atoms with Crippen LogP contribution in [0.15, 0.2) is 48.6 Å². The molecule has 0 spiro atoms. The predicted molar refractivity (Wildman–Crippen MR) is 116 cm³/mol. The van der Waals surface area contributed by atoms with Crippen molar-refractivity contribution in [3.05, 3.63) is 73.3 Å². The van der Waals surface area contributed by atoms with Crippen molar-refractivity contribution in [2.75, 3.05) is 13.7 Å². The molecule has 0 aromatic heterocycles. The lowest BCUT2D eigenvalue weighted by Gasteiger charge is -2.21. The zero-order valence-electron chi connectivity index (χ0n) is 15.1. The highest BCUT2D eigenvalue weighted by Gasteiger charge is 2.29. The summed E-state index contributed by atoms with van der Waals surface area (Å²) in [4.78, 5) is 25.1. The largest absolute Gasteiger partial charge is 0.494 e. The van der Waals surface area contributed by atoms with Crippen molar-refractivity contribution in [2.45, 2.75) is 13.0 Å². The molecule has 2 aromatic rings. The highest BCUT2D eigenvalue weighted by Crippen LogP contribution is 2.36. The Kier molecular flexibility index (Phi) is 8.15. The van der Waals surface area contributed by atoms with Crippen LogP contribution < -0.4 is 4.74 Å². The van der Waals surface area contributed by atoms with E-state index in [4.69, 9.17) is 37.4 Å². The Bertz CT molecular complexity index is 896. The average Bonchev–Trinajstić information content (AvgIpc) is 2.67. The van der Waals surface area contributed by atoms with Crippen LogP contribution in [0.4, 0.5) is 0 Å². The van der Waals surface area contributed by atoms with Gasteiger partial charge in [-0.3, -0.25) is 0 Å². The van der Waals surface area contributed by atoms with E-state index in [1.165, 1.54) is 19.2 Å². The van der Waals surface area contributed by atoms with Gasteiger partial charge in [-0.05, 0) is 59.3 Å². The molecule has 0 amide bonds. The molecular formula is C20H17Cl2IO5. The van der Waals surface area contributed by atoms with E-state index in [0.29, 0.717) is 5.56 Å². The summed E-state index contributed by atoms with van der Waals surface area (Å²) in [5.74, 6) is -1.39. The lowest BCUT2D eigenvalue weighted by atomic mass is 10.0. The summed E-state index contributed by atoms with van der Waals surface area (Å²) in [5.41, 5.74) is 0.501. The monoisotopic (exact) mass is 534 g/mol. The lowest BCUT2D eigenvalue weighted by molar-refractivity contribution is -0.139. The van der Waals surface area contributed by atoms with Gasteiger partial charge >= 0.3 is 11.9 Å². The molecular weight excluding hydrogens is 518 g/mol. The molecule has 2 rings (SSSR count). The zero-order valence-corrected chi connectivity index (χ0v) is 18.8. The van der Waals surface area contributed by atoms with Gasteiger partial charge < -0.3 is 14.2 Å². The van der Waals surface area contributed by atoms with E-state index < -0.39 is 18.0 Å². The van der Waals surface area contributed by atoms with E-state index in [-0.39, 0.29) is 33.5 Å². The second kappa shape index (κ2) is 10.1.